The minimum atomic E-state index is -0.202. The standard InChI is InChI=1S/C16H20O2/c1-9(2)15(17)13-8-5-10(3)12-7-6-11(4)16(18)14(12)13/h5-6,12-14H,1,7-8H2,2-4H3/t12-,13+,14+/m0/s1. The number of allylic oxidation sites excluding steroid dienone is 5. The zero-order valence-electron chi connectivity index (χ0n) is 11.3. The van der Waals surface area contributed by atoms with Gasteiger partial charge >= 0.3 is 0 Å². The van der Waals surface area contributed by atoms with Gasteiger partial charge in [-0.1, -0.05) is 24.3 Å². The highest BCUT2D eigenvalue weighted by Gasteiger charge is 2.43. The van der Waals surface area contributed by atoms with Gasteiger partial charge in [0.1, 0.15) is 0 Å². The van der Waals surface area contributed by atoms with Crippen LogP contribution in [0.2, 0.25) is 0 Å². The van der Waals surface area contributed by atoms with Crippen molar-refractivity contribution in [2.24, 2.45) is 17.8 Å². The minimum absolute atomic E-state index is 0.0526. The number of carbonyl (C=O) groups is 2. The van der Waals surface area contributed by atoms with Gasteiger partial charge in [0.05, 0.1) is 0 Å². The van der Waals surface area contributed by atoms with Crippen LogP contribution in [-0.2, 0) is 9.59 Å². The van der Waals surface area contributed by atoms with Crippen molar-refractivity contribution in [3.63, 3.8) is 0 Å². The summed E-state index contributed by atoms with van der Waals surface area (Å²) in [5, 5.41) is 0. The quantitative estimate of drug-likeness (QED) is 0.552. The van der Waals surface area contributed by atoms with Crippen LogP contribution in [0.3, 0.4) is 0 Å². The predicted octanol–water partition coefficient (Wildman–Crippen LogP) is 3.25. The van der Waals surface area contributed by atoms with Crippen LogP contribution in [0, 0.1) is 17.8 Å². The van der Waals surface area contributed by atoms with E-state index in [-0.39, 0.29) is 29.3 Å². The molecule has 0 unspecified atom stereocenters. The van der Waals surface area contributed by atoms with Gasteiger partial charge in [-0.25, -0.2) is 0 Å². The van der Waals surface area contributed by atoms with Crippen LogP contribution in [0.25, 0.3) is 0 Å². The Hall–Kier alpha value is -1.44. The summed E-state index contributed by atoms with van der Waals surface area (Å²) in [7, 11) is 0. The lowest BCUT2D eigenvalue weighted by molar-refractivity contribution is -0.130. The normalized spacial score (nSPS) is 31.3. The lowest BCUT2D eigenvalue weighted by atomic mass is 9.64. The van der Waals surface area contributed by atoms with Gasteiger partial charge in [0, 0.05) is 11.8 Å². The molecular formula is C16H20O2. The third-order valence-corrected chi connectivity index (χ3v) is 4.27. The largest absolute Gasteiger partial charge is 0.294 e. The maximum Gasteiger partial charge on any atom is 0.162 e. The van der Waals surface area contributed by atoms with Crippen molar-refractivity contribution in [3.8, 4) is 0 Å². The van der Waals surface area contributed by atoms with Crippen LogP contribution in [0.5, 0.6) is 0 Å². The van der Waals surface area contributed by atoms with Crippen LogP contribution >= 0.6 is 0 Å². The fourth-order valence-electron chi connectivity index (χ4n) is 3.13. The Bertz CT molecular complexity index is 479. The first-order chi connectivity index (χ1) is 8.43. The van der Waals surface area contributed by atoms with Gasteiger partial charge in [-0.3, -0.25) is 9.59 Å². The van der Waals surface area contributed by atoms with Gasteiger partial charge in [-0.05, 0) is 50.7 Å². The second-order valence-corrected chi connectivity index (χ2v) is 5.55. The van der Waals surface area contributed by atoms with Crippen LogP contribution in [0.4, 0.5) is 0 Å². The fraction of sp³-hybridized carbons (Fsp3) is 0.500. The first-order valence-electron chi connectivity index (χ1n) is 6.50. The maximum atomic E-state index is 12.4. The number of rotatable bonds is 2. The highest BCUT2D eigenvalue weighted by atomic mass is 16.1. The summed E-state index contributed by atoms with van der Waals surface area (Å²) in [6.45, 7) is 9.40. The van der Waals surface area contributed by atoms with E-state index in [0.29, 0.717) is 12.0 Å². The highest BCUT2D eigenvalue weighted by molar-refractivity contribution is 6.04. The van der Waals surface area contributed by atoms with Gasteiger partial charge in [-0.2, -0.15) is 0 Å². The Kier molecular flexibility index (Phi) is 3.38. The van der Waals surface area contributed by atoms with E-state index in [1.807, 2.05) is 13.0 Å². The highest BCUT2D eigenvalue weighted by Crippen LogP contribution is 2.42. The van der Waals surface area contributed by atoms with E-state index in [2.05, 4.69) is 19.6 Å². The molecular weight excluding hydrogens is 224 g/mol. The minimum Gasteiger partial charge on any atom is -0.294 e. The lowest BCUT2D eigenvalue weighted by Gasteiger charge is -2.38. The zero-order chi connectivity index (χ0) is 13.4. The molecule has 0 aliphatic heterocycles. The molecule has 0 aromatic heterocycles. The Morgan fingerprint density at radius 3 is 2.56 bits per heavy atom. The van der Waals surface area contributed by atoms with E-state index in [1.165, 1.54) is 5.57 Å². The molecule has 2 heteroatoms. The van der Waals surface area contributed by atoms with Crippen molar-refractivity contribution < 1.29 is 9.59 Å². The van der Waals surface area contributed by atoms with Crippen molar-refractivity contribution in [2.75, 3.05) is 0 Å². The molecule has 18 heavy (non-hydrogen) atoms. The summed E-state index contributed by atoms with van der Waals surface area (Å²) in [6, 6.07) is 0. The Morgan fingerprint density at radius 1 is 1.28 bits per heavy atom. The van der Waals surface area contributed by atoms with E-state index in [0.717, 1.165) is 12.0 Å². The van der Waals surface area contributed by atoms with Crippen molar-refractivity contribution in [1.82, 2.24) is 0 Å². The SMILES string of the molecule is C=C(C)C(=O)[C@@H]1CC=C(C)[C@@H]2CC=C(C)C(=O)[C@@H]12. The number of Topliss-reactive ketones (excluding diaryl/α,β-unsaturated/α-hetero) is 2. The number of hydrogen-bond donors (Lipinski definition) is 0. The Balaban J connectivity index is 2.40. The number of carbonyl (C=O) groups excluding carboxylic acids is 2. The molecule has 2 aliphatic carbocycles. The number of hydrogen-bond acceptors (Lipinski definition) is 2. The summed E-state index contributed by atoms with van der Waals surface area (Å²) < 4.78 is 0. The molecule has 0 amide bonds. The third kappa shape index (κ3) is 2.00. The molecule has 0 spiro atoms. The van der Waals surface area contributed by atoms with Crippen LogP contribution in [-0.4, -0.2) is 11.6 Å². The zero-order valence-corrected chi connectivity index (χ0v) is 11.3. The molecule has 0 aromatic rings. The molecule has 2 rings (SSSR count). The van der Waals surface area contributed by atoms with Crippen LogP contribution in [0.15, 0.2) is 35.5 Å². The first-order valence-corrected chi connectivity index (χ1v) is 6.50. The first kappa shape index (κ1) is 13.0. The molecule has 0 aromatic carbocycles. The van der Waals surface area contributed by atoms with Crippen LogP contribution in [0.1, 0.15) is 33.6 Å². The number of ketones is 2. The molecule has 0 saturated carbocycles. The topological polar surface area (TPSA) is 34.1 Å². The molecule has 0 saturated heterocycles. The van der Waals surface area contributed by atoms with E-state index in [1.54, 1.807) is 6.92 Å². The summed E-state index contributed by atoms with van der Waals surface area (Å²) in [6.07, 6.45) is 5.69. The van der Waals surface area contributed by atoms with Gasteiger partial charge in [0.25, 0.3) is 0 Å². The molecule has 0 bridgehead atoms. The van der Waals surface area contributed by atoms with E-state index in [9.17, 15) is 9.59 Å². The van der Waals surface area contributed by atoms with Crippen molar-refractivity contribution >= 4 is 11.6 Å². The number of fused-ring (bicyclic) bond motifs is 1. The monoisotopic (exact) mass is 244 g/mol. The lowest BCUT2D eigenvalue weighted by Crippen LogP contribution is -2.40. The molecule has 96 valence electrons. The van der Waals surface area contributed by atoms with Crippen molar-refractivity contribution in [3.05, 3.63) is 35.5 Å². The Morgan fingerprint density at radius 2 is 1.94 bits per heavy atom. The smallest absolute Gasteiger partial charge is 0.162 e. The van der Waals surface area contributed by atoms with Crippen molar-refractivity contribution in [2.45, 2.75) is 33.6 Å². The van der Waals surface area contributed by atoms with Crippen LogP contribution < -0.4 is 0 Å². The van der Waals surface area contributed by atoms with E-state index >= 15 is 0 Å². The van der Waals surface area contributed by atoms with Gasteiger partial charge < -0.3 is 0 Å². The molecule has 2 aliphatic rings. The van der Waals surface area contributed by atoms with E-state index in [4.69, 9.17) is 0 Å². The molecule has 2 nitrogen and oxygen atoms in total. The second-order valence-electron chi connectivity index (χ2n) is 5.55. The second kappa shape index (κ2) is 4.68. The predicted molar refractivity (Wildman–Crippen MR) is 72.0 cm³/mol. The summed E-state index contributed by atoms with van der Waals surface area (Å²) in [5.41, 5.74) is 2.63. The van der Waals surface area contributed by atoms with Gasteiger partial charge in [0.2, 0.25) is 0 Å². The van der Waals surface area contributed by atoms with Gasteiger partial charge in [-0.15, -0.1) is 0 Å². The maximum absolute atomic E-state index is 12.4. The summed E-state index contributed by atoms with van der Waals surface area (Å²) in [5.74, 6) is 0.0508. The average Bonchev–Trinajstić information content (AvgIpc) is 2.33. The van der Waals surface area contributed by atoms with E-state index < -0.39 is 0 Å². The molecule has 0 fully saturated rings. The summed E-state index contributed by atoms with van der Waals surface area (Å²) in [4.78, 5) is 24.6. The third-order valence-electron chi connectivity index (χ3n) is 4.27. The molecule has 3 atom stereocenters. The Labute approximate surface area is 108 Å². The van der Waals surface area contributed by atoms with Gasteiger partial charge in [0.15, 0.2) is 11.6 Å². The molecule has 0 N–H and O–H groups in total. The average molecular weight is 244 g/mol. The molecule has 0 radical (unpaired) electrons. The molecule has 0 heterocycles. The fourth-order valence-corrected chi connectivity index (χ4v) is 3.13. The van der Waals surface area contributed by atoms with Crippen molar-refractivity contribution in [1.29, 1.82) is 0 Å². The summed E-state index contributed by atoms with van der Waals surface area (Å²) >= 11 is 0.